The van der Waals surface area contributed by atoms with Crippen molar-refractivity contribution in [2.24, 2.45) is 0 Å². The molecular weight excluding hydrogens is 250 g/mol. The molecule has 4 heteroatoms. The quantitative estimate of drug-likeness (QED) is 0.901. The molecule has 2 rings (SSSR count). The molecule has 0 fully saturated rings. The molecule has 2 aromatic rings. The van der Waals surface area contributed by atoms with Crippen LogP contribution in [0, 0.1) is 0 Å². The highest BCUT2D eigenvalue weighted by Gasteiger charge is 2.06. The van der Waals surface area contributed by atoms with Crippen LogP contribution in [0.2, 0.25) is 0 Å². The van der Waals surface area contributed by atoms with E-state index in [0.717, 1.165) is 22.8 Å². The summed E-state index contributed by atoms with van der Waals surface area (Å²) in [5, 5.41) is 3.28. The van der Waals surface area contributed by atoms with Crippen molar-refractivity contribution in [2.75, 3.05) is 12.4 Å². The van der Waals surface area contributed by atoms with Crippen molar-refractivity contribution < 1.29 is 4.74 Å². The summed E-state index contributed by atoms with van der Waals surface area (Å²) in [6.07, 6.45) is 1.87. The van der Waals surface area contributed by atoms with E-state index in [0.29, 0.717) is 6.04 Å². The standard InChI is InChI=1S/C16H21N3O/c1-11(2)18-15-9-10-17-16(19-15)14-7-5-13(6-8-14)12(3)20-4/h5-12H,1-4H3,(H,17,18,19)/t12-/m0/s1. The number of rotatable bonds is 5. The monoisotopic (exact) mass is 271 g/mol. The van der Waals surface area contributed by atoms with E-state index >= 15 is 0 Å². The van der Waals surface area contributed by atoms with E-state index in [-0.39, 0.29) is 6.10 Å². The van der Waals surface area contributed by atoms with Gasteiger partial charge in [-0.25, -0.2) is 9.97 Å². The molecule has 4 nitrogen and oxygen atoms in total. The first-order valence-corrected chi connectivity index (χ1v) is 6.83. The van der Waals surface area contributed by atoms with Crippen molar-refractivity contribution in [2.45, 2.75) is 32.9 Å². The summed E-state index contributed by atoms with van der Waals surface area (Å²) < 4.78 is 5.30. The maximum Gasteiger partial charge on any atom is 0.161 e. The van der Waals surface area contributed by atoms with E-state index in [1.54, 1.807) is 13.3 Å². The largest absolute Gasteiger partial charge is 0.377 e. The summed E-state index contributed by atoms with van der Waals surface area (Å²) in [7, 11) is 1.71. The second-order valence-electron chi connectivity index (χ2n) is 5.06. The Balaban J connectivity index is 2.23. The minimum Gasteiger partial charge on any atom is -0.377 e. The van der Waals surface area contributed by atoms with Gasteiger partial charge in [-0.3, -0.25) is 0 Å². The first-order valence-electron chi connectivity index (χ1n) is 6.83. The summed E-state index contributed by atoms with van der Waals surface area (Å²) in [4.78, 5) is 8.85. The maximum absolute atomic E-state index is 5.30. The maximum atomic E-state index is 5.30. The van der Waals surface area contributed by atoms with Crippen LogP contribution in [-0.2, 0) is 4.74 Å². The molecule has 1 aromatic carbocycles. The topological polar surface area (TPSA) is 47.0 Å². The van der Waals surface area contributed by atoms with Gasteiger partial charge in [-0.05, 0) is 32.4 Å². The Kier molecular flexibility index (Phi) is 4.69. The molecule has 0 amide bonds. The Hall–Kier alpha value is -1.94. The number of ether oxygens (including phenoxy) is 1. The zero-order chi connectivity index (χ0) is 14.5. The van der Waals surface area contributed by atoms with E-state index in [1.807, 2.05) is 25.1 Å². The second-order valence-corrected chi connectivity index (χ2v) is 5.06. The van der Waals surface area contributed by atoms with Crippen molar-refractivity contribution in [1.82, 2.24) is 9.97 Å². The Morgan fingerprint density at radius 1 is 1.05 bits per heavy atom. The Morgan fingerprint density at radius 3 is 2.35 bits per heavy atom. The van der Waals surface area contributed by atoms with Gasteiger partial charge in [0.05, 0.1) is 6.10 Å². The molecule has 0 aliphatic carbocycles. The Labute approximate surface area is 120 Å². The highest BCUT2D eigenvalue weighted by atomic mass is 16.5. The molecule has 1 aromatic heterocycles. The number of hydrogen-bond acceptors (Lipinski definition) is 4. The predicted octanol–water partition coefficient (Wildman–Crippen LogP) is 3.67. The molecule has 0 aliphatic rings. The third-order valence-corrected chi connectivity index (χ3v) is 3.08. The highest BCUT2D eigenvalue weighted by Crippen LogP contribution is 2.21. The Morgan fingerprint density at radius 2 is 1.75 bits per heavy atom. The first kappa shape index (κ1) is 14.5. The predicted molar refractivity (Wildman–Crippen MR) is 81.7 cm³/mol. The number of hydrogen-bond donors (Lipinski definition) is 1. The number of benzene rings is 1. The van der Waals surface area contributed by atoms with Crippen LogP contribution in [0.3, 0.4) is 0 Å². The number of methoxy groups -OCH3 is 1. The molecule has 0 saturated carbocycles. The number of nitrogens with zero attached hydrogens (tertiary/aromatic N) is 2. The van der Waals surface area contributed by atoms with Gasteiger partial charge in [-0.1, -0.05) is 24.3 Å². The molecule has 0 saturated heterocycles. The van der Waals surface area contributed by atoms with Gasteiger partial charge in [-0.15, -0.1) is 0 Å². The fourth-order valence-corrected chi connectivity index (χ4v) is 1.91. The van der Waals surface area contributed by atoms with Crippen molar-refractivity contribution >= 4 is 5.82 Å². The minimum absolute atomic E-state index is 0.0962. The third-order valence-electron chi connectivity index (χ3n) is 3.08. The van der Waals surface area contributed by atoms with Crippen LogP contribution in [0.1, 0.15) is 32.4 Å². The summed E-state index contributed by atoms with van der Waals surface area (Å²) in [6.45, 7) is 6.20. The van der Waals surface area contributed by atoms with Crippen LogP contribution in [0.25, 0.3) is 11.4 Å². The lowest BCUT2D eigenvalue weighted by Gasteiger charge is -2.11. The van der Waals surface area contributed by atoms with Crippen LogP contribution in [0.4, 0.5) is 5.82 Å². The molecule has 0 aliphatic heterocycles. The van der Waals surface area contributed by atoms with Crippen molar-refractivity contribution in [1.29, 1.82) is 0 Å². The van der Waals surface area contributed by atoms with Crippen molar-refractivity contribution in [3.8, 4) is 11.4 Å². The summed E-state index contributed by atoms with van der Waals surface area (Å²) in [5.74, 6) is 1.58. The van der Waals surface area contributed by atoms with Crippen LogP contribution in [0.15, 0.2) is 36.5 Å². The van der Waals surface area contributed by atoms with E-state index in [4.69, 9.17) is 4.74 Å². The lowest BCUT2D eigenvalue weighted by Crippen LogP contribution is -2.11. The zero-order valence-electron chi connectivity index (χ0n) is 12.4. The fourth-order valence-electron chi connectivity index (χ4n) is 1.91. The molecule has 1 atom stereocenters. The van der Waals surface area contributed by atoms with Crippen LogP contribution in [-0.4, -0.2) is 23.1 Å². The van der Waals surface area contributed by atoms with Crippen LogP contribution < -0.4 is 5.32 Å². The molecule has 20 heavy (non-hydrogen) atoms. The van der Waals surface area contributed by atoms with Gasteiger partial charge < -0.3 is 10.1 Å². The van der Waals surface area contributed by atoms with Gasteiger partial charge in [0.15, 0.2) is 5.82 Å². The lowest BCUT2D eigenvalue weighted by atomic mass is 10.1. The Bertz CT molecular complexity index is 552. The van der Waals surface area contributed by atoms with Gasteiger partial charge in [-0.2, -0.15) is 0 Å². The minimum atomic E-state index is 0.0962. The lowest BCUT2D eigenvalue weighted by molar-refractivity contribution is 0.119. The molecule has 0 radical (unpaired) electrons. The third kappa shape index (κ3) is 3.54. The number of anilines is 1. The molecule has 1 heterocycles. The van der Waals surface area contributed by atoms with E-state index in [9.17, 15) is 0 Å². The van der Waals surface area contributed by atoms with Gasteiger partial charge in [0.1, 0.15) is 5.82 Å². The van der Waals surface area contributed by atoms with Crippen LogP contribution >= 0.6 is 0 Å². The number of aromatic nitrogens is 2. The molecule has 0 spiro atoms. The van der Waals surface area contributed by atoms with Crippen LogP contribution in [0.5, 0.6) is 0 Å². The van der Waals surface area contributed by atoms with Gasteiger partial charge >= 0.3 is 0 Å². The molecule has 0 unspecified atom stereocenters. The zero-order valence-corrected chi connectivity index (χ0v) is 12.4. The molecular formula is C16H21N3O. The summed E-state index contributed by atoms with van der Waals surface area (Å²) >= 11 is 0. The molecule has 106 valence electrons. The highest BCUT2D eigenvalue weighted by molar-refractivity contribution is 5.57. The second kappa shape index (κ2) is 6.48. The normalized spacial score (nSPS) is 12.4. The average molecular weight is 271 g/mol. The fraction of sp³-hybridized carbons (Fsp3) is 0.375. The summed E-state index contributed by atoms with van der Waals surface area (Å²) in [5.41, 5.74) is 2.15. The van der Waals surface area contributed by atoms with Gasteiger partial charge in [0, 0.05) is 24.9 Å². The van der Waals surface area contributed by atoms with Crippen molar-refractivity contribution in [3.63, 3.8) is 0 Å². The molecule has 1 N–H and O–H groups in total. The average Bonchev–Trinajstić information content (AvgIpc) is 2.46. The summed E-state index contributed by atoms with van der Waals surface area (Å²) in [6, 6.07) is 10.4. The SMILES string of the molecule is CO[C@@H](C)c1ccc(-c2nccc(NC(C)C)n2)cc1. The van der Waals surface area contributed by atoms with E-state index in [1.165, 1.54) is 0 Å². The number of nitrogens with one attached hydrogen (secondary N) is 1. The first-order chi connectivity index (χ1) is 9.60. The van der Waals surface area contributed by atoms with E-state index in [2.05, 4.69) is 41.3 Å². The van der Waals surface area contributed by atoms with Gasteiger partial charge in [0.25, 0.3) is 0 Å². The van der Waals surface area contributed by atoms with Crippen molar-refractivity contribution in [3.05, 3.63) is 42.1 Å². The van der Waals surface area contributed by atoms with E-state index < -0.39 is 0 Å². The molecule has 0 bridgehead atoms. The smallest absolute Gasteiger partial charge is 0.161 e. The van der Waals surface area contributed by atoms with Gasteiger partial charge in [0.2, 0.25) is 0 Å².